The van der Waals surface area contributed by atoms with Crippen molar-refractivity contribution in [3.63, 3.8) is 0 Å². The summed E-state index contributed by atoms with van der Waals surface area (Å²) in [6, 6.07) is 8.20. The summed E-state index contributed by atoms with van der Waals surface area (Å²) in [5.74, 6) is 0.0832. The average molecular weight is 402 g/mol. The summed E-state index contributed by atoms with van der Waals surface area (Å²) >= 11 is 6.00. The smallest absolute Gasteiger partial charge is 0.251 e. The Kier molecular flexibility index (Phi) is 5.40. The summed E-state index contributed by atoms with van der Waals surface area (Å²) in [5.41, 5.74) is 3.23. The highest BCUT2D eigenvalue weighted by Gasteiger charge is 2.32. The number of nitrogens with zero attached hydrogens (tertiary/aromatic N) is 2. The van der Waals surface area contributed by atoms with Crippen molar-refractivity contribution in [1.29, 1.82) is 0 Å². The fourth-order valence-corrected chi connectivity index (χ4v) is 3.54. The molecule has 0 unspecified atom stereocenters. The zero-order chi connectivity index (χ0) is 19.7. The van der Waals surface area contributed by atoms with E-state index in [1.807, 2.05) is 36.1 Å². The van der Waals surface area contributed by atoms with E-state index in [1.54, 1.807) is 0 Å². The van der Waals surface area contributed by atoms with Crippen LogP contribution in [0.4, 0.5) is 0 Å². The molecule has 2 aliphatic carbocycles. The van der Waals surface area contributed by atoms with Crippen molar-refractivity contribution in [3.8, 4) is 0 Å². The van der Waals surface area contributed by atoms with E-state index >= 15 is 0 Å². The first kappa shape index (κ1) is 19.0. The number of carbonyl (C=O) groups excluding carboxylic acids is 2. The summed E-state index contributed by atoms with van der Waals surface area (Å²) < 4.78 is 4.96. The maximum atomic E-state index is 12.8. The van der Waals surface area contributed by atoms with E-state index in [0.29, 0.717) is 37.0 Å². The van der Waals surface area contributed by atoms with Crippen LogP contribution >= 0.6 is 11.6 Å². The number of amides is 2. The van der Waals surface area contributed by atoms with Gasteiger partial charge in [0, 0.05) is 36.2 Å². The van der Waals surface area contributed by atoms with E-state index in [2.05, 4.69) is 10.5 Å². The summed E-state index contributed by atoms with van der Waals surface area (Å²) in [6.07, 6.45) is 5.13. The third-order valence-corrected chi connectivity index (χ3v) is 5.61. The average Bonchev–Trinajstić information content (AvgIpc) is 3.60. The molecule has 28 heavy (non-hydrogen) atoms. The van der Waals surface area contributed by atoms with Gasteiger partial charge in [-0.2, -0.15) is 0 Å². The van der Waals surface area contributed by atoms with E-state index in [-0.39, 0.29) is 17.0 Å². The number of hydrogen-bond acceptors (Lipinski definition) is 4. The summed E-state index contributed by atoms with van der Waals surface area (Å²) in [6.45, 7) is 2.39. The van der Waals surface area contributed by atoms with Gasteiger partial charge in [-0.1, -0.05) is 17.3 Å². The molecule has 1 aromatic heterocycles. The highest BCUT2D eigenvalue weighted by atomic mass is 35.5. The molecule has 7 heteroatoms. The maximum absolute atomic E-state index is 12.8. The van der Waals surface area contributed by atoms with Gasteiger partial charge < -0.3 is 14.7 Å². The second kappa shape index (κ2) is 7.95. The van der Waals surface area contributed by atoms with Gasteiger partial charge in [0.25, 0.3) is 5.91 Å². The van der Waals surface area contributed by atoms with Gasteiger partial charge >= 0.3 is 0 Å². The minimum Gasteiger partial charge on any atom is -0.349 e. The third-order valence-electron chi connectivity index (χ3n) is 5.32. The minimum atomic E-state index is -0.0230. The number of hydrogen-bond donors (Lipinski definition) is 1. The number of halogens is 1. The normalized spacial score (nSPS) is 16.1. The Morgan fingerprint density at radius 1 is 1.21 bits per heavy atom. The zero-order valence-corrected chi connectivity index (χ0v) is 16.7. The molecule has 0 spiro atoms. The predicted octanol–water partition coefficient (Wildman–Crippen LogP) is 3.65. The Labute approximate surface area is 169 Å². The molecule has 0 bridgehead atoms. The molecule has 6 nitrogen and oxygen atoms in total. The van der Waals surface area contributed by atoms with Crippen molar-refractivity contribution < 1.29 is 14.1 Å². The monoisotopic (exact) mass is 401 g/mol. The van der Waals surface area contributed by atoms with Gasteiger partial charge in [-0.3, -0.25) is 9.59 Å². The summed E-state index contributed by atoms with van der Waals surface area (Å²) in [5, 5.41) is 7.09. The van der Waals surface area contributed by atoms with E-state index in [9.17, 15) is 9.59 Å². The minimum absolute atomic E-state index is 0.0230. The second-order valence-electron chi connectivity index (χ2n) is 7.72. The lowest BCUT2D eigenvalue weighted by Gasteiger charge is -2.23. The van der Waals surface area contributed by atoms with Gasteiger partial charge in [-0.25, -0.2) is 0 Å². The quantitative estimate of drug-likeness (QED) is 0.732. The van der Waals surface area contributed by atoms with Gasteiger partial charge in [0.15, 0.2) is 0 Å². The van der Waals surface area contributed by atoms with Crippen LogP contribution in [0.15, 0.2) is 28.8 Å². The highest BCUT2D eigenvalue weighted by molar-refractivity contribution is 6.29. The van der Waals surface area contributed by atoms with Crippen LogP contribution in [0.1, 0.15) is 59.3 Å². The number of benzene rings is 1. The molecule has 0 aliphatic heterocycles. The SMILES string of the molecule is Cc1noc(Cl)c1CCC(=O)N(Cc1ccc(C(=O)NC2CC2)cc1)C1CC1. The molecule has 1 aromatic carbocycles. The Balaban J connectivity index is 1.36. The van der Waals surface area contributed by atoms with Gasteiger partial charge in [0.05, 0.1) is 5.69 Å². The lowest BCUT2D eigenvalue weighted by atomic mass is 10.1. The summed E-state index contributed by atoms with van der Waals surface area (Å²) in [7, 11) is 0. The Bertz CT molecular complexity index is 850. The standard InChI is InChI=1S/C21H24ClN3O3/c1-13-18(20(22)28-24-13)10-11-19(26)25(17-8-9-17)12-14-2-4-15(5-3-14)21(27)23-16-6-7-16/h2-5,16-17H,6-12H2,1H3,(H,23,27). The molecule has 0 radical (unpaired) electrons. The molecular formula is C21H24ClN3O3. The molecule has 2 amide bonds. The van der Waals surface area contributed by atoms with Crippen LogP contribution in [0.5, 0.6) is 0 Å². The zero-order valence-electron chi connectivity index (χ0n) is 15.9. The van der Waals surface area contributed by atoms with E-state index < -0.39 is 0 Å². The molecule has 2 aliphatic rings. The van der Waals surface area contributed by atoms with Crippen molar-refractivity contribution >= 4 is 23.4 Å². The highest BCUT2D eigenvalue weighted by Crippen LogP contribution is 2.30. The number of nitrogens with one attached hydrogen (secondary N) is 1. The first-order valence-electron chi connectivity index (χ1n) is 9.81. The predicted molar refractivity (Wildman–Crippen MR) is 105 cm³/mol. The Morgan fingerprint density at radius 2 is 1.93 bits per heavy atom. The molecule has 148 valence electrons. The van der Waals surface area contributed by atoms with Gasteiger partial charge in [-0.15, -0.1) is 0 Å². The van der Waals surface area contributed by atoms with Crippen LogP contribution in [-0.2, 0) is 17.8 Å². The largest absolute Gasteiger partial charge is 0.349 e. The van der Waals surface area contributed by atoms with Gasteiger partial charge in [0.2, 0.25) is 11.1 Å². The van der Waals surface area contributed by atoms with E-state index in [0.717, 1.165) is 42.5 Å². The van der Waals surface area contributed by atoms with Crippen molar-refractivity contribution in [2.24, 2.45) is 0 Å². The Morgan fingerprint density at radius 3 is 2.50 bits per heavy atom. The maximum Gasteiger partial charge on any atom is 0.251 e. The first-order chi connectivity index (χ1) is 13.5. The van der Waals surface area contributed by atoms with E-state index in [4.69, 9.17) is 16.1 Å². The number of rotatable bonds is 8. The van der Waals surface area contributed by atoms with Gasteiger partial charge in [-0.05, 0) is 68.3 Å². The molecule has 2 aromatic rings. The molecular weight excluding hydrogens is 378 g/mol. The number of aryl methyl sites for hydroxylation is 1. The molecule has 1 heterocycles. The topological polar surface area (TPSA) is 75.4 Å². The fourth-order valence-electron chi connectivity index (χ4n) is 3.28. The molecule has 4 rings (SSSR count). The molecule has 0 atom stereocenters. The Hall–Kier alpha value is -2.34. The number of carbonyl (C=O) groups is 2. The third kappa shape index (κ3) is 4.55. The van der Waals surface area contributed by atoms with Crippen molar-refractivity contribution in [1.82, 2.24) is 15.4 Å². The number of aromatic nitrogens is 1. The van der Waals surface area contributed by atoms with E-state index in [1.165, 1.54) is 0 Å². The molecule has 2 saturated carbocycles. The van der Waals surface area contributed by atoms with Crippen LogP contribution in [-0.4, -0.2) is 34.0 Å². The second-order valence-corrected chi connectivity index (χ2v) is 8.06. The van der Waals surface area contributed by atoms with Crippen molar-refractivity contribution in [2.45, 2.75) is 64.1 Å². The van der Waals surface area contributed by atoms with Crippen molar-refractivity contribution in [3.05, 3.63) is 51.9 Å². The summed E-state index contributed by atoms with van der Waals surface area (Å²) in [4.78, 5) is 26.9. The van der Waals surface area contributed by atoms with Crippen LogP contribution in [0.2, 0.25) is 5.22 Å². The molecule has 2 fully saturated rings. The van der Waals surface area contributed by atoms with Gasteiger partial charge in [0.1, 0.15) is 0 Å². The van der Waals surface area contributed by atoms with Crippen LogP contribution < -0.4 is 5.32 Å². The first-order valence-corrected chi connectivity index (χ1v) is 10.2. The van der Waals surface area contributed by atoms with Crippen LogP contribution in [0, 0.1) is 6.92 Å². The van der Waals surface area contributed by atoms with Crippen molar-refractivity contribution in [2.75, 3.05) is 0 Å². The fraction of sp³-hybridized carbons (Fsp3) is 0.476. The molecule has 0 saturated heterocycles. The van der Waals surface area contributed by atoms with Crippen LogP contribution in [0.3, 0.4) is 0 Å². The lowest BCUT2D eigenvalue weighted by molar-refractivity contribution is -0.132. The van der Waals surface area contributed by atoms with Crippen LogP contribution in [0.25, 0.3) is 0 Å². The molecule has 1 N–H and O–H groups in total. The lowest BCUT2D eigenvalue weighted by Crippen LogP contribution is -2.32.